The first-order chi connectivity index (χ1) is 48.2. The lowest BCUT2D eigenvalue weighted by Crippen LogP contribution is -2.03. The molecule has 570 valence electrons. The van der Waals surface area contributed by atoms with E-state index in [0.29, 0.717) is 16.7 Å². The van der Waals surface area contributed by atoms with E-state index in [9.17, 15) is 30.7 Å². The van der Waals surface area contributed by atoms with Crippen LogP contribution in [0.25, 0.3) is 0 Å². The van der Waals surface area contributed by atoms with E-state index in [1.807, 2.05) is 201 Å². The number of aromatic hydroxyl groups is 1. The van der Waals surface area contributed by atoms with Gasteiger partial charge in [0.2, 0.25) is 0 Å². The van der Waals surface area contributed by atoms with E-state index in [4.69, 9.17) is 59.9 Å². The number of phenolic OH excluding ortho intramolecular Hbond substituents is 1. The Morgan fingerprint density at radius 2 is 0.618 bits per heavy atom. The summed E-state index contributed by atoms with van der Waals surface area (Å²) in [5, 5.41) is 8.54. The van der Waals surface area contributed by atoms with Crippen LogP contribution in [0.3, 0.4) is 0 Å². The number of phenols is 1. The van der Waals surface area contributed by atoms with E-state index >= 15 is 0 Å². The highest BCUT2D eigenvalue weighted by molar-refractivity contribution is 14.1. The van der Waals surface area contributed by atoms with Crippen molar-refractivity contribution in [1.82, 2.24) is 0 Å². The zero-order chi connectivity index (χ0) is 73.6. The van der Waals surface area contributed by atoms with Gasteiger partial charge in [0, 0.05) is 370 Å². The molecule has 0 bridgehead atoms. The summed E-state index contributed by atoms with van der Waals surface area (Å²) in [4.78, 5) is 0. The second-order valence-corrected chi connectivity index (χ2v) is 80.5. The van der Waals surface area contributed by atoms with Crippen molar-refractivity contribution in [2.75, 3.05) is 17.2 Å². The van der Waals surface area contributed by atoms with Crippen molar-refractivity contribution in [2.24, 2.45) is 5.73 Å². The molecule has 0 aliphatic rings. The van der Waals surface area contributed by atoms with Crippen LogP contribution in [0.1, 0.15) is 27.8 Å². The molecule has 7 rings (SSSR count). The lowest BCUT2D eigenvalue weighted by Gasteiger charge is -2.10. The van der Waals surface area contributed by atoms with Crippen molar-refractivity contribution in [1.29, 1.82) is 0 Å². The fourth-order valence-electron chi connectivity index (χ4n) is 5.35. The van der Waals surface area contributed by atoms with Crippen LogP contribution in [-0.2, 0) is 349 Å². The highest BCUT2D eigenvalue weighted by atomic mass is 127. The summed E-state index contributed by atoms with van der Waals surface area (Å²) in [5.74, 6) is -2.94. The molecular formula is C47H46Cl2F7IN4O3S38. The van der Waals surface area contributed by atoms with Gasteiger partial charge in [-0.05, 0) is 139 Å². The Kier molecular flexibility index (Phi) is 70.7. The van der Waals surface area contributed by atoms with Crippen LogP contribution in [0.15, 0.2) is 127 Å². The number of hydrogen-bond acceptors (Lipinski definition) is 9. The van der Waals surface area contributed by atoms with Gasteiger partial charge in [0.15, 0.2) is 34.7 Å². The van der Waals surface area contributed by atoms with Gasteiger partial charge in [-0.2, -0.15) is 0 Å². The number of benzene rings is 7. The number of nitrogen functional groups attached to an aromatic ring is 3. The van der Waals surface area contributed by atoms with Gasteiger partial charge in [-0.3, -0.25) is 0 Å². The molecule has 0 heterocycles. The quantitative estimate of drug-likeness (QED) is 0.0647. The Balaban J connectivity index is 0.00000132. The average molecular weight is 2260 g/mol. The Bertz CT molecular complexity index is 5540. The van der Waals surface area contributed by atoms with Gasteiger partial charge in [-0.25, -0.2) is 30.7 Å². The Morgan fingerprint density at radius 3 is 0.892 bits per heavy atom. The number of para-hydroxylation sites is 4. The summed E-state index contributed by atoms with van der Waals surface area (Å²) in [5.41, 5.74) is 25.4. The molecular weight excluding hydrogens is 2220 g/mol. The summed E-state index contributed by atoms with van der Waals surface area (Å²) in [7, 11) is 63.7. The first kappa shape index (κ1) is 104. The fraction of sp³-hybridized carbons (Fsp3) is 0.106. The molecule has 7 nitrogen and oxygen atoms in total. The topological polar surface area (TPSA) is 143 Å². The summed E-state index contributed by atoms with van der Waals surface area (Å²) < 4.78 is 102. The van der Waals surface area contributed by atoms with Gasteiger partial charge in [-0.15, -0.1) is 24.8 Å². The van der Waals surface area contributed by atoms with E-state index < -0.39 is 29.1 Å². The molecule has 0 spiro atoms. The van der Waals surface area contributed by atoms with E-state index in [2.05, 4.69) is 22.6 Å². The number of ether oxygens (including phenoxy) is 2. The number of aryl methyl sites for hydroxylation is 4. The van der Waals surface area contributed by atoms with Gasteiger partial charge < -0.3 is 37.5 Å². The van der Waals surface area contributed by atoms with Crippen LogP contribution in [-0.4, -0.2) is 5.11 Å². The smallest absolute Gasteiger partial charge is 0.165 e. The van der Waals surface area contributed by atoms with Crippen LogP contribution in [0.2, 0.25) is 0 Å². The van der Waals surface area contributed by atoms with Gasteiger partial charge in [0.1, 0.15) is 34.8 Å². The molecule has 102 heavy (non-hydrogen) atoms. The monoisotopic (exact) mass is 2260 g/mol. The van der Waals surface area contributed by atoms with Crippen molar-refractivity contribution >= 4 is 407 Å². The summed E-state index contributed by atoms with van der Waals surface area (Å²) >= 11 is 11.7. The third-order valence-corrected chi connectivity index (χ3v) is 87.8. The fourth-order valence-corrected chi connectivity index (χ4v) is 99.4. The van der Waals surface area contributed by atoms with Gasteiger partial charge in [0.25, 0.3) is 0 Å². The highest BCUT2D eigenvalue weighted by Gasteiger charge is 2.11. The molecule has 7 aromatic rings. The van der Waals surface area contributed by atoms with Crippen molar-refractivity contribution < 1.29 is 45.3 Å². The number of anilines is 3. The zero-order valence-electron chi connectivity index (χ0n) is 50.3. The van der Waals surface area contributed by atoms with Gasteiger partial charge >= 0.3 is 0 Å². The molecule has 0 saturated carbocycles. The van der Waals surface area contributed by atoms with Gasteiger partial charge in [-0.1, -0.05) is 48.5 Å². The molecule has 0 aromatic heterocycles. The third kappa shape index (κ3) is 52.0. The molecule has 0 saturated heterocycles. The van der Waals surface area contributed by atoms with Crippen LogP contribution in [0, 0.1) is 72.0 Å². The Labute approximate surface area is 723 Å². The maximum absolute atomic E-state index is 13.7. The molecule has 0 atom stereocenters. The van der Waals surface area contributed by atoms with Crippen LogP contribution in [0.4, 0.5) is 47.8 Å². The minimum absolute atomic E-state index is 0. The predicted molar refractivity (Wildman–Crippen MR) is 534 cm³/mol. The predicted octanol–water partition coefficient (Wildman–Crippen LogP) is 13.5. The van der Waals surface area contributed by atoms with Crippen LogP contribution < -0.4 is 32.4 Å². The minimum atomic E-state index is -0.576. The molecule has 0 fully saturated rings. The standard InChI is InChI=1S/C14H13F2NO.C13H11F2NO.C7H7FIN.C7H8FN.C6H5FO.2ClH.S38/c1-9-6-10(7-13(16)11(9)8-17)18-14-5-3-2-4-12(14)15;1-8-6-9(7-11(15)13(8)16)17-12-5-3-2-4-10(12)14;1-4-2-5(9)3-6(8)7(4)10;1-5-3-2-4-6(8)7(5)9;7-5-3-1-2-4-6(5)8;;;1-3-5-7-9-11-13-15-17-19-21-23-25-27-29-31-33-35-37-38-36-34-32-30-28-26-24-22-20-18-16-14-12-10-8-6-4-2/h2-7H,8,17H2,1H3;2-7H,16H2,1H3;2-3H,10H2,1H3;2-4H,9H2,1H3;1-4,8H;2*1H;. The normalized spacial score (nSPS) is 8.95. The third-order valence-electron chi connectivity index (χ3n) is 9.43. The minimum Gasteiger partial charge on any atom is -0.505 e. The number of halogens is 10. The Hall–Kier alpha value is 2.48. The molecule has 0 unspecified atom stereocenters. The zero-order valence-corrected chi connectivity index (χ0v) is 85.1. The molecule has 7 aromatic carbocycles. The van der Waals surface area contributed by atoms with Crippen molar-refractivity contribution in [2.45, 2.75) is 34.2 Å². The van der Waals surface area contributed by atoms with E-state index in [-0.39, 0.29) is 88.8 Å². The molecule has 0 radical (unpaired) electrons. The van der Waals surface area contributed by atoms with Crippen LogP contribution in [0.5, 0.6) is 28.7 Å². The summed E-state index contributed by atoms with van der Waals surface area (Å²) in [6.45, 7) is 7.09. The van der Waals surface area contributed by atoms with Crippen molar-refractivity contribution in [3.05, 3.63) is 200 Å². The van der Waals surface area contributed by atoms with E-state index in [1.165, 1.54) is 78.4 Å². The van der Waals surface area contributed by atoms with Gasteiger partial charge in [0.05, 0.1) is 17.1 Å². The molecule has 0 amide bonds. The van der Waals surface area contributed by atoms with Crippen molar-refractivity contribution in [3.63, 3.8) is 0 Å². The molecule has 0 aliphatic carbocycles. The SMILES string of the molecule is Cc1cc(I)cc(F)c1N.Cc1cc(Oc2ccccc2F)cc(F)c1CN.Cc1cc(Oc2ccccc2F)cc(F)c1N.Cc1cccc(F)c1N.Cl.Cl.Oc1ccccc1F.S=S=S=S=S=S=S=S=S=S=S=S=S=S=S=S=S=S=S=S=S=S=S=S=S=S=S=S=S=S=S=S=S=S=S=S=S=S. The molecule has 9 N–H and O–H groups in total. The van der Waals surface area contributed by atoms with Crippen LogP contribution >= 0.6 is 47.4 Å². The molecule has 0 aliphatic heterocycles. The average Bonchev–Trinajstić information content (AvgIpc) is 0.845. The van der Waals surface area contributed by atoms with E-state index in [1.54, 1.807) is 189 Å². The first-order valence-electron chi connectivity index (χ1n) is 24.5. The molecule has 55 heteroatoms. The number of rotatable bonds is 5. The number of nitrogens with two attached hydrogens (primary N) is 4. The van der Waals surface area contributed by atoms with Crippen molar-refractivity contribution in [3.8, 4) is 28.7 Å². The first-order valence-corrected chi connectivity index (χ1v) is 74.9. The summed E-state index contributed by atoms with van der Waals surface area (Å²) in [6, 6.07) is 31.1. The maximum atomic E-state index is 13.7. The van der Waals surface area contributed by atoms with E-state index in [0.717, 1.165) is 20.8 Å². The largest absolute Gasteiger partial charge is 0.505 e. The maximum Gasteiger partial charge on any atom is 0.165 e. The Morgan fingerprint density at radius 1 is 0.333 bits per heavy atom. The second-order valence-electron chi connectivity index (χ2n) is 15.6. The lowest BCUT2D eigenvalue weighted by molar-refractivity contribution is 0.432. The summed E-state index contributed by atoms with van der Waals surface area (Å²) in [6.07, 6.45) is 0. The highest BCUT2D eigenvalue weighted by Crippen LogP contribution is 2.30. The lowest BCUT2D eigenvalue weighted by atomic mass is 10.1. The second kappa shape index (κ2) is 69.0. The number of hydrogen-bond donors (Lipinski definition) is 5.